The largest absolute Gasteiger partial charge is 0.468 e. The average molecular weight is 348 g/mol. The molecule has 0 bridgehead atoms. The zero-order valence-corrected chi connectivity index (χ0v) is 15.7. The second-order valence-electron chi connectivity index (χ2n) is 7.37. The molecule has 0 aromatic heterocycles. The molecule has 6 nitrogen and oxygen atoms in total. The molecule has 6 heteroatoms. The summed E-state index contributed by atoms with van der Waals surface area (Å²) in [5, 5.41) is 0. The molecule has 0 aliphatic carbocycles. The van der Waals surface area contributed by atoms with Crippen molar-refractivity contribution in [2.75, 3.05) is 27.2 Å². The molecule has 1 saturated heterocycles. The fourth-order valence-electron chi connectivity index (χ4n) is 3.06. The van der Waals surface area contributed by atoms with Crippen LogP contribution >= 0.6 is 0 Å². The predicted molar refractivity (Wildman–Crippen MR) is 95.2 cm³/mol. The second-order valence-corrected chi connectivity index (χ2v) is 7.37. The van der Waals surface area contributed by atoms with E-state index in [4.69, 9.17) is 9.47 Å². The standard InChI is InChI=1S/C19H28N2O4/c1-19(2,3)25-18(23)21-12-11-15(13-21)20(4)16(17(22)24-5)14-9-7-6-8-10-14/h6-10,15-16H,11-13H2,1-5H3/t15-,16?/m0/s1. The van der Waals surface area contributed by atoms with Gasteiger partial charge in [-0.1, -0.05) is 30.3 Å². The third-order valence-electron chi connectivity index (χ3n) is 4.34. The lowest BCUT2D eigenvalue weighted by atomic mass is 10.0. The number of esters is 1. The van der Waals surface area contributed by atoms with Crippen LogP contribution in [0.1, 0.15) is 38.8 Å². The van der Waals surface area contributed by atoms with Gasteiger partial charge < -0.3 is 14.4 Å². The zero-order chi connectivity index (χ0) is 18.6. The second kappa shape index (κ2) is 7.87. The van der Waals surface area contributed by atoms with Crippen molar-refractivity contribution in [3.8, 4) is 0 Å². The molecule has 1 heterocycles. The van der Waals surface area contributed by atoms with Crippen molar-refractivity contribution in [3.05, 3.63) is 35.9 Å². The molecule has 0 N–H and O–H groups in total. The van der Waals surface area contributed by atoms with Crippen LogP contribution in [0.25, 0.3) is 0 Å². The Kier molecular flexibility index (Phi) is 6.06. The number of carbonyl (C=O) groups is 2. The van der Waals surface area contributed by atoms with Crippen LogP contribution in [0.15, 0.2) is 30.3 Å². The molecule has 1 fully saturated rings. The molecule has 138 valence electrons. The molecule has 1 aromatic carbocycles. The van der Waals surface area contributed by atoms with Gasteiger partial charge in [-0.3, -0.25) is 4.90 Å². The number of amides is 1. The van der Waals surface area contributed by atoms with E-state index >= 15 is 0 Å². The molecule has 1 aliphatic rings. The van der Waals surface area contributed by atoms with Gasteiger partial charge in [-0.25, -0.2) is 9.59 Å². The minimum atomic E-state index is -0.514. The minimum Gasteiger partial charge on any atom is -0.468 e. The third-order valence-corrected chi connectivity index (χ3v) is 4.34. The lowest BCUT2D eigenvalue weighted by Gasteiger charge is -2.31. The van der Waals surface area contributed by atoms with Crippen LogP contribution in [-0.2, 0) is 14.3 Å². The third kappa shape index (κ3) is 4.95. The van der Waals surface area contributed by atoms with E-state index in [1.165, 1.54) is 7.11 Å². The summed E-state index contributed by atoms with van der Waals surface area (Å²) >= 11 is 0. The first-order valence-electron chi connectivity index (χ1n) is 8.55. The molecule has 0 radical (unpaired) electrons. The summed E-state index contributed by atoms with van der Waals surface area (Å²) in [6.45, 7) is 6.71. The van der Waals surface area contributed by atoms with Gasteiger partial charge in [0.2, 0.25) is 0 Å². The van der Waals surface area contributed by atoms with Crippen LogP contribution in [0, 0.1) is 0 Å². The maximum absolute atomic E-state index is 12.3. The SMILES string of the molecule is COC(=O)C(c1ccccc1)N(C)[C@H]1CCN(C(=O)OC(C)(C)C)C1. The van der Waals surface area contributed by atoms with E-state index in [1.54, 1.807) is 4.90 Å². The van der Waals surface area contributed by atoms with Crippen LogP contribution in [0.4, 0.5) is 4.79 Å². The lowest BCUT2D eigenvalue weighted by Crippen LogP contribution is -2.42. The number of likely N-dealkylation sites (tertiary alicyclic amines) is 1. The summed E-state index contributed by atoms with van der Waals surface area (Å²) in [6.07, 6.45) is 0.480. The zero-order valence-electron chi connectivity index (χ0n) is 15.7. The number of methoxy groups -OCH3 is 1. The van der Waals surface area contributed by atoms with Gasteiger partial charge in [0.25, 0.3) is 0 Å². The molecular formula is C19H28N2O4. The molecule has 0 saturated carbocycles. The van der Waals surface area contributed by atoms with Gasteiger partial charge >= 0.3 is 12.1 Å². The highest BCUT2D eigenvalue weighted by Gasteiger charge is 2.37. The average Bonchev–Trinajstić information content (AvgIpc) is 3.04. The van der Waals surface area contributed by atoms with Gasteiger partial charge in [0.05, 0.1) is 7.11 Å². The Hall–Kier alpha value is -2.08. The van der Waals surface area contributed by atoms with Gasteiger partial charge in [0, 0.05) is 19.1 Å². The van der Waals surface area contributed by atoms with Crippen LogP contribution in [0.3, 0.4) is 0 Å². The van der Waals surface area contributed by atoms with E-state index in [0.29, 0.717) is 13.1 Å². The topological polar surface area (TPSA) is 59.1 Å². The number of ether oxygens (including phenoxy) is 2. The monoisotopic (exact) mass is 348 g/mol. The predicted octanol–water partition coefficient (Wildman–Crippen LogP) is 2.84. The van der Waals surface area contributed by atoms with Crippen molar-refractivity contribution >= 4 is 12.1 Å². The van der Waals surface area contributed by atoms with Crippen molar-refractivity contribution in [2.45, 2.75) is 44.9 Å². The van der Waals surface area contributed by atoms with Crippen molar-refractivity contribution in [1.82, 2.24) is 9.80 Å². The van der Waals surface area contributed by atoms with E-state index in [9.17, 15) is 9.59 Å². The number of hydrogen-bond donors (Lipinski definition) is 0. The number of rotatable bonds is 4. The Labute approximate surface area is 149 Å². The Bertz CT molecular complexity index is 597. The summed E-state index contributed by atoms with van der Waals surface area (Å²) in [6, 6.07) is 9.13. The van der Waals surface area contributed by atoms with E-state index < -0.39 is 11.6 Å². The number of likely N-dealkylation sites (N-methyl/N-ethyl adjacent to an activating group) is 1. The van der Waals surface area contributed by atoms with Gasteiger partial charge in [0.1, 0.15) is 11.6 Å². The van der Waals surface area contributed by atoms with Crippen molar-refractivity contribution in [3.63, 3.8) is 0 Å². The maximum Gasteiger partial charge on any atom is 0.410 e. The maximum atomic E-state index is 12.3. The highest BCUT2D eigenvalue weighted by atomic mass is 16.6. The highest BCUT2D eigenvalue weighted by molar-refractivity contribution is 5.77. The molecule has 0 spiro atoms. The molecule has 2 rings (SSSR count). The molecular weight excluding hydrogens is 320 g/mol. The Morgan fingerprint density at radius 3 is 2.44 bits per heavy atom. The van der Waals surface area contributed by atoms with E-state index in [-0.39, 0.29) is 18.1 Å². The normalized spacial score (nSPS) is 19.0. The first-order chi connectivity index (χ1) is 11.7. The molecule has 1 unspecified atom stereocenters. The molecule has 1 aliphatic heterocycles. The first kappa shape index (κ1) is 19.2. The quantitative estimate of drug-likeness (QED) is 0.783. The van der Waals surface area contributed by atoms with Gasteiger partial charge in [0.15, 0.2) is 0 Å². The molecule has 1 amide bonds. The summed E-state index contributed by atoms with van der Waals surface area (Å²) in [4.78, 5) is 28.3. The Balaban J connectivity index is 2.09. The molecule has 1 aromatic rings. The summed E-state index contributed by atoms with van der Waals surface area (Å²) in [7, 11) is 3.30. The van der Waals surface area contributed by atoms with E-state index in [0.717, 1.165) is 12.0 Å². The molecule has 25 heavy (non-hydrogen) atoms. The highest BCUT2D eigenvalue weighted by Crippen LogP contribution is 2.27. The number of nitrogens with zero attached hydrogens (tertiary/aromatic N) is 2. The van der Waals surface area contributed by atoms with Gasteiger partial charge in [-0.15, -0.1) is 0 Å². The van der Waals surface area contributed by atoms with Crippen molar-refractivity contribution in [2.24, 2.45) is 0 Å². The van der Waals surface area contributed by atoms with Gasteiger partial charge in [-0.2, -0.15) is 0 Å². The minimum absolute atomic E-state index is 0.0665. The summed E-state index contributed by atoms with van der Waals surface area (Å²) < 4.78 is 10.4. The Morgan fingerprint density at radius 2 is 1.88 bits per heavy atom. The van der Waals surface area contributed by atoms with Crippen molar-refractivity contribution < 1.29 is 19.1 Å². The van der Waals surface area contributed by atoms with E-state index in [1.807, 2.05) is 63.1 Å². The fourth-order valence-corrected chi connectivity index (χ4v) is 3.06. The fraction of sp³-hybridized carbons (Fsp3) is 0.579. The Morgan fingerprint density at radius 1 is 1.24 bits per heavy atom. The molecule has 2 atom stereocenters. The number of carbonyl (C=O) groups excluding carboxylic acids is 2. The van der Waals surface area contributed by atoms with Crippen LogP contribution < -0.4 is 0 Å². The number of benzene rings is 1. The summed E-state index contributed by atoms with van der Waals surface area (Å²) in [5.41, 5.74) is 0.368. The lowest BCUT2D eigenvalue weighted by molar-refractivity contribution is -0.147. The van der Waals surface area contributed by atoms with Crippen LogP contribution in [0.5, 0.6) is 0 Å². The van der Waals surface area contributed by atoms with Crippen molar-refractivity contribution in [1.29, 1.82) is 0 Å². The first-order valence-corrected chi connectivity index (χ1v) is 8.55. The van der Waals surface area contributed by atoms with Gasteiger partial charge in [-0.05, 0) is 39.8 Å². The van der Waals surface area contributed by atoms with Crippen LogP contribution in [-0.4, -0.2) is 60.8 Å². The van der Waals surface area contributed by atoms with Crippen LogP contribution in [0.2, 0.25) is 0 Å². The van der Waals surface area contributed by atoms with E-state index in [2.05, 4.69) is 0 Å². The summed E-state index contributed by atoms with van der Waals surface area (Å²) in [5.74, 6) is -0.301. The number of hydrogen-bond acceptors (Lipinski definition) is 5. The smallest absolute Gasteiger partial charge is 0.410 e.